The average Bonchev–Trinajstić information content (AvgIpc) is 2.76. The number of nitrogens with two attached hydrogens (primary N) is 1. The molecule has 0 bridgehead atoms. The molecule has 2 unspecified atom stereocenters. The number of hydrogen-bond donors (Lipinski definition) is 1. The van der Waals surface area contributed by atoms with Crippen LogP contribution in [0.3, 0.4) is 0 Å². The van der Waals surface area contributed by atoms with E-state index in [-0.39, 0.29) is 0 Å². The lowest BCUT2D eigenvalue weighted by Crippen LogP contribution is -2.41. The lowest BCUT2D eigenvalue weighted by atomic mass is 9.97. The van der Waals surface area contributed by atoms with E-state index in [0.29, 0.717) is 12.0 Å². The van der Waals surface area contributed by atoms with Crippen LogP contribution in [0.4, 0.5) is 0 Å². The van der Waals surface area contributed by atoms with Crippen molar-refractivity contribution in [3.63, 3.8) is 0 Å². The SMILES string of the molecule is CCCN(CCC)C1Cc2ccccc2C1CN. The number of benzene rings is 1. The smallest absolute Gasteiger partial charge is 0.0217 e. The summed E-state index contributed by atoms with van der Waals surface area (Å²) >= 11 is 0. The van der Waals surface area contributed by atoms with Gasteiger partial charge < -0.3 is 5.73 Å². The fourth-order valence-electron chi connectivity index (χ4n) is 3.34. The highest BCUT2D eigenvalue weighted by atomic mass is 15.2. The van der Waals surface area contributed by atoms with Crippen LogP contribution in [0.2, 0.25) is 0 Å². The van der Waals surface area contributed by atoms with Crippen molar-refractivity contribution in [1.82, 2.24) is 4.90 Å². The quantitative estimate of drug-likeness (QED) is 0.836. The zero-order chi connectivity index (χ0) is 13.0. The van der Waals surface area contributed by atoms with Gasteiger partial charge in [-0.1, -0.05) is 38.1 Å². The van der Waals surface area contributed by atoms with E-state index in [1.165, 1.54) is 43.5 Å². The normalized spacial score (nSPS) is 22.4. The Bertz CT molecular complexity index is 369. The molecule has 0 radical (unpaired) electrons. The lowest BCUT2D eigenvalue weighted by Gasteiger charge is -2.32. The molecule has 100 valence electrons. The van der Waals surface area contributed by atoms with E-state index < -0.39 is 0 Å². The van der Waals surface area contributed by atoms with Gasteiger partial charge in [0.15, 0.2) is 0 Å². The first-order valence-electron chi connectivity index (χ1n) is 7.33. The average molecular weight is 246 g/mol. The minimum Gasteiger partial charge on any atom is -0.330 e. The van der Waals surface area contributed by atoms with Gasteiger partial charge in [0.1, 0.15) is 0 Å². The van der Waals surface area contributed by atoms with E-state index in [0.717, 1.165) is 6.54 Å². The molecule has 2 nitrogen and oxygen atoms in total. The Morgan fingerprint density at radius 2 is 1.83 bits per heavy atom. The molecule has 0 fully saturated rings. The zero-order valence-corrected chi connectivity index (χ0v) is 11.7. The second kappa shape index (κ2) is 6.35. The molecular formula is C16H26N2. The summed E-state index contributed by atoms with van der Waals surface area (Å²) < 4.78 is 0. The third-order valence-corrected chi connectivity index (χ3v) is 4.09. The molecule has 2 rings (SSSR count). The maximum Gasteiger partial charge on any atom is 0.0217 e. The molecule has 0 aliphatic heterocycles. The second-order valence-corrected chi connectivity index (χ2v) is 5.35. The standard InChI is InChI=1S/C16H26N2/c1-3-9-18(10-4-2)16-11-13-7-5-6-8-14(13)15(16)12-17/h5-8,15-16H,3-4,9-12,17H2,1-2H3. The third kappa shape index (κ3) is 2.60. The molecule has 0 saturated heterocycles. The van der Waals surface area contributed by atoms with E-state index in [9.17, 15) is 0 Å². The minimum absolute atomic E-state index is 0.527. The van der Waals surface area contributed by atoms with Crippen molar-refractivity contribution in [2.75, 3.05) is 19.6 Å². The Kier molecular flexibility index (Phi) is 4.79. The number of nitrogens with zero attached hydrogens (tertiary/aromatic N) is 1. The fourth-order valence-corrected chi connectivity index (χ4v) is 3.34. The van der Waals surface area contributed by atoms with Crippen molar-refractivity contribution < 1.29 is 0 Å². The van der Waals surface area contributed by atoms with Gasteiger partial charge in [-0.25, -0.2) is 0 Å². The molecule has 18 heavy (non-hydrogen) atoms. The molecule has 1 aliphatic rings. The zero-order valence-electron chi connectivity index (χ0n) is 11.7. The molecule has 1 aliphatic carbocycles. The first-order valence-corrected chi connectivity index (χ1v) is 7.33. The number of fused-ring (bicyclic) bond motifs is 1. The van der Waals surface area contributed by atoms with E-state index in [4.69, 9.17) is 5.73 Å². The maximum atomic E-state index is 6.04. The van der Waals surface area contributed by atoms with Crippen LogP contribution in [0.5, 0.6) is 0 Å². The van der Waals surface area contributed by atoms with Crippen LogP contribution in [0.1, 0.15) is 43.7 Å². The van der Waals surface area contributed by atoms with Crippen molar-refractivity contribution in [3.05, 3.63) is 35.4 Å². The molecule has 0 spiro atoms. The van der Waals surface area contributed by atoms with E-state index >= 15 is 0 Å². The largest absolute Gasteiger partial charge is 0.330 e. The van der Waals surface area contributed by atoms with Gasteiger partial charge in [-0.3, -0.25) is 4.90 Å². The summed E-state index contributed by atoms with van der Waals surface area (Å²) in [6.07, 6.45) is 3.63. The minimum atomic E-state index is 0.527. The van der Waals surface area contributed by atoms with Crippen molar-refractivity contribution in [2.24, 2.45) is 5.73 Å². The Balaban J connectivity index is 2.19. The first-order chi connectivity index (χ1) is 8.81. The summed E-state index contributed by atoms with van der Waals surface area (Å²) in [7, 11) is 0. The van der Waals surface area contributed by atoms with Gasteiger partial charge >= 0.3 is 0 Å². The van der Waals surface area contributed by atoms with Crippen molar-refractivity contribution in [1.29, 1.82) is 0 Å². The first kappa shape index (κ1) is 13.6. The molecule has 1 aromatic carbocycles. The Morgan fingerprint density at radius 3 is 2.44 bits per heavy atom. The molecule has 0 aromatic heterocycles. The highest BCUT2D eigenvalue weighted by molar-refractivity contribution is 5.38. The van der Waals surface area contributed by atoms with Crippen LogP contribution in [0.15, 0.2) is 24.3 Å². The Morgan fingerprint density at radius 1 is 1.17 bits per heavy atom. The Labute approximate surface area is 111 Å². The van der Waals surface area contributed by atoms with Crippen LogP contribution >= 0.6 is 0 Å². The molecule has 2 atom stereocenters. The third-order valence-electron chi connectivity index (χ3n) is 4.09. The number of rotatable bonds is 6. The van der Waals surface area contributed by atoms with Crippen LogP contribution < -0.4 is 5.73 Å². The van der Waals surface area contributed by atoms with E-state index in [1.807, 2.05) is 0 Å². The van der Waals surface area contributed by atoms with Gasteiger partial charge in [0.2, 0.25) is 0 Å². The van der Waals surface area contributed by atoms with Crippen molar-refractivity contribution >= 4 is 0 Å². The van der Waals surface area contributed by atoms with Crippen LogP contribution in [-0.2, 0) is 6.42 Å². The highest BCUT2D eigenvalue weighted by Crippen LogP contribution is 2.35. The van der Waals surface area contributed by atoms with E-state index in [1.54, 1.807) is 0 Å². The summed E-state index contributed by atoms with van der Waals surface area (Å²) in [4.78, 5) is 2.65. The molecule has 2 N–H and O–H groups in total. The summed E-state index contributed by atoms with van der Waals surface area (Å²) in [6, 6.07) is 9.45. The second-order valence-electron chi connectivity index (χ2n) is 5.35. The van der Waals surface area contributed by atoms with Crippen LogP contribution in [0.25, 0.3) is 0 Å². The summed E-state index contributed by atoms with van der Waals surface area (Å²) in [5.74, 6) is 0.527. The molecule has 0 amide bonds. The summed E-state index contributed by atoms with van der Waals surface area (Å²) in [5.41, 5.74) is 9.04. The predicted octanol–water partition coefficient (Wildman–Crippen LogP) is 2.78. The summed E-state index contributed by atoms with van der Waals surface area (Å²) in [5, 5.41) is 0. The fraction of sp³-hybridized carbons (Fsp3) is 0.625. The van der Waals surface area contributed by atoms with Crippen molar-refractivity contribution in [3.8, 4) is 0 Å². The van der Waals surface area contributed by atoms with Crippen LogP contribution in [-0.4, -0.2) is 30.6 Å². The lowest BCUT2D eigenvalue weighted by molar-refractivity contribution is 0.180. The van der Waals surface area contributed by atoms with Gasteiger partial charge in [0.05, 0.1) is 0 Å². The molecule has 2 heteroatoms. The summed E-state index contributed by atoms with van der Waals surface area (Å²) in [6.45, 7) is 7.70. The maximum absolute atomic E-state index is 6.04. The highest BCUT2D eigenvalue weighted by Gasteiger charge is 2.34. The van der Waals surface area contributed by atoms with Crippen LogP contribution in [0, 0.1) is 0 Å². The molecular weight excluding hydrogens is 220 g/mol. The van der Waals surface area contributed by atoms with Gasteiger partial charge in [-0.2, -0.15) is 0 Å². The van der Waals surface area contributed by atoms with E-state index in [2.05, 4.69) is 43.0 Å². The van der Waals surface area contributed by atoms with Gasteiger partial charge in [-0.05, 0) is 43.5 Å². The molecule has 1 aromatic rings. The monoisotopic (exact) mass is 246 g/mol. The predicted molar refractivity (Wildman–Crippen MR) is 77.9 cm³/mol. The van der Waals surface area contributed by atoms with Crippen molar-refractivity contribution in [2.45, 2.75) is 45.1 Å². The molecule has 0 heterocycles. The number of hydrogen-bond acceptors (Lipinski definition) is 2. The van der Waals surface area contributed by atoms with Gasteiger partial charge in [0.25, 0.3) is 0 Å². The molecule has 0 saturated carbocycles. The Hall–Kier alpha value is -0.860. The topological polar surface area (TPSA) is 29.3 Å². The van der Waals surface area contributed by atoms with Gasteiger partial charge in [0, 0.05) is 18.5 Å². The van der Waals surface area contributed by atoms with Gasteiger partial charge in [-0.15, -0.1) is 0 Å².